The Labute approximate surface area is 121 Å². The lowest BCUT2D eigenvalue weighted by molar-refractivity contribution is -0.0635. The monoisotopic (exact) mass is 291 g/mol. The van der Waals surface area contributed by atoms with Crippen molar-refractivity contribution in [1.82, 2.24) is 5.32 Å². The van der Waals surface area contributed by atoms with E-state index in [-0.39, 0.29) is 12.7 Å². The number of nitrogens with one attached hydrogen (secondary N) is 1. The minimum atomic E-state index is -0.704. The Hall–Kier alpha value is -0.240. The van der Waals surface area contributed by atoms with Crippen molar-refractivity contribution >= 4 is 0 Å². The van der Waals surface area contributed by atoms with Gasteiger partial charge >= 0.3 is 0 Å². The van der Waals surface area contributed by atoms with Crippen LogP contribution >= 0.6 is 0 Å². The number of rotatable bonds is 10. The fourth-order valence-corrected chi connectivity index (χ4v) is 2.02. The van der Waals surface area contributed by atoms with Gasteiger partial charge in [0, 0.05) is 39.1 Å². The van der Waals surface area contributed by atoms with E-state index in [0.29, 0.717) is 52.4 Å². The second-order valence-corrected chi connectivity index (χ2v) is 5.62. The summed E-state index contributed by atoms with van der Waals surface area (Å²) >= 11 is 0. The fraction of sp³-hybridized carbons (Fsp3) is 1.00. The van der Waals surface area contributed by atoms with E-state index in [1.54, 1.807) is 0 Å². The van der Waals surface area contributed by atoms with Crippen LogP contribution in [0.2, 0.25) is 0 Å². The molecule has 0 aromatic heterocycles. The topological polar surface area (TPSA) is 80.2 Å². The zero-order valence-corrected chi connectivity index (χ0v) is 12.6. The van der Waals surface area contributed by atoms with E-state index in [2.05, 4.69) is 5.32 Å². The van der Waals surface area contributed by atoms with Gasteiger partial charge in [-0.25, -0.2) is 0 Å². The van der Waals surface area contributed by atoms with Crippen molar-refractivity contribution < 1.29 is 24.4 Å². The lowest BCUT2D eigenvalue weighted by atomic mass is 9.94. The third kappa shape index (κ3) is 8.14. The van der Waals surface area contributed by atoms with Gasteiger partial charge in [-0.1, -0.05) is 0 Å². The highest BCUT2D eigenvalue weighted by atomic mass is 16.5. The summed E-state index contributed by atoms with van der Waals surface area (Å²) in [6.45, 7) is 7.32. The molecular weight excluding hydrogens is 262 g/mol. The molecule has 6 nitrogen and oxygen atoms in total. The summed E-state index contributed by atoms with van der Waals surface area (Å²) in [5, 5.41) is 23.0. The minimum Gasteiger partial charge on any atom is -0.389 e. The number of aliphatic hydroxyl groups excluding tert-OH is 1. The predicted molar refractivity (Wildman–Crippen MR) is 75.8 cm³/mol. The Morgan fingerprint density at radius 2 is 1.95 bits per heavy atom. The fourth-order valence-electron chi connectivity index (χ4n) is 2.02. The molecule has 0 spiro atoms. The average Bonchev–Trinajstić information content (AvgIpc) is 2.38. The van der Waals surface area contributed by atoms with E-state index in [0.717, 1.165) is 0 Å². The van der Waals surface area contributed by atoms with E-state index >= 15 is 0 Å². The largest absolute Gasteiger partial charge is 0.389 e. The van der Waals surface area contributed by atoms with Gasteiger partial charge in [0.05, 0.1) is 37.6 Å². The molecule has 0 saturated carbocycles. The Morgan fingerprint density at radius 3 is 2.60 bits per heavy atom. The Kier molecular flexibility index (Phi) is 8.60. The molecule has 1 saturated heterocycles. The molecule has 1 atom stereocenters. The molecule has 1 rings (SSSR count). The molecule has 1 aliphatic rings. The normalized spacial score (nSPS) is 20.2. The lowest BCUT2D eigenvalue weighted by Gasteiger charge is -2.32. The van der Waals surface area contributed by atoms with Crippen molar-refractivity contribution in [2.24, 2.45) is 0 Å². The summed E-state index contributed by atoms with van der Waals surface area (Å²) in [4.78, 5) is 0. The SMILES string of the molecule is CC(C)OCCOCC(O)CNCC1(O)CCOCC1. The molecule has 1 aliphatic heterocycles. The number of aliphatic hydroxyl groups is 2. The molecule has 3 N–H and O–H groups in total. The predicted octanol–water partition coefficient (Wildman–Crippen LogP) is -0.0800. The molecule has 1 heterocycles. The molecule has 1 unspecified atom stereocenters. The molecule has 6 heteroatoms. The highest BCUT2D eigenvalue weighted by molar-refractivity contribution is 4.83. The van der Waals surface area contributed by atoms with Crippen LogP contribution in [0.5, 0.6) is 0 Å². The second-order valence-electron chi connectivity index (χ2n) is 5.62. The van der Waals surface area contributed by atoms with E-state index in [4.69, 9.17) is 14.2 Å². The van der Waals surface area contributed by atoms with Crippen LogP contribution in [0.1, 0.15) is 26.7 Å². The van der Waals surface area contributed by atoms with Gasteiger partial charge in [-0.05, 0) is 13.8 Å². The third-order valence-corrected chi connectivity index (χ3v) is 3.25. The van der Waals surface area contributed by atoms with Crippen molar-refractivity contribution in [2.45, 2.75) is 44.5 Å². The number of ether oxygens (including phenoxy) is 3. The van der Waals surface area contributed by atoms with E-state index in [9.17, 15) is 10.2 Å². The van der Waals surface area contributed by atoms with Crippen LogP contribution < -0.4 is 5.32 Å². The summed E-state index contributed by atoms with van der Waals surface area (Å²) in [6, 6.07) is 0. The van der Waals surface area contributed by atoms with Crippen molar-refractivity contribution in [3.63, 3.8) is 0 Å². The first-order valence-electron chi connectivity index (χ1n) is 7.40. The standard InChI is InChI=1S/C14H29NO5/c1-12(2)20-8-7-19-10-13(16)9-15-11-14(17)3-5-18-6-4-14/h12-13,15-17H,3-11H2,1-2H3. The van der Waals surface area contributed by atoms with E-state index in [1.807, 2.05) is 13.8 Å². The summed E-state index contributed by atoms with van der Waals surface area (Å²) < 4.78 is 15.9. The zero-order valence-electron chi connectivity index (χ0n) is 12.6. The second kappa shape index (κ2) is 9.65. The molecule has 20 heavy (non-hydrogen) atoms. The van der Waals surface area contributed by atoms with Crippen LogP contribution in [0.25, 0.3) is 0 Å². The Balaban J connectivity index is 1.98. The maximum Gasteiger partial charge on any atom is 0.0897 e. The quantitative estimate of drug-likeness (QED) is 0.489. The maximum absolute atomic E-state index is 10.2. The van der Waals surface area contributed by atoms with Gasteiger partial charge in [0.15, 0.2) is 0 Å². The van der Waals surface area contributed by atoms with Crippen LogP contribution in [-0.2, 0) is 14.2 Å². The molecule has 0 bridgehead atoms. The maximum atomic E-state index is 10.2. The van der Waals surface area contributed by atoms with Gasteiger partial charge in [-0.2, -0.15) is 0 Å². The van der Waals surface area contributed by atoms with E-state index in [1.165, 1.54) is 0 Å². The van der Waals surface area contributed by atoms with Crippen LogP contribution in [0, 0.1) is 0 Å². The van der Waals surface area contributed by atoms with Crippen molar-refractivity contribution in [3.8, 4) is 0 Å². The lowest BCUT2D eigenvalue weighted by Crippen LogP contribution is -2.47. The smallest absolute Gasteiger partial charge is 0.0897 e. The molecule has 0 amide bonds. The molecule has 0 aromatic carbocycles. The third-order valence-electron chi connectivity index (χ3n) is 3.25. The summed E-state index contributed by atoms with van der Waals surface area (Å²) in [7, 11) is 0. The summed E-state index contributed by atoms with van der Waals surface area (Å²) in [5.41, 5.74) is -0.704. The Bertz CT molecular complexity index is 244. The van der Waals surface area contributed by atoms with Gasteiger partial charge in [-0.3, -0.25) is 0 Å². The van der Waals surface area contributed by atoms with Crippen LogP contribution in [0.4, 0.5) is 0 Å². The Morgan fingerprint density at radius 1 is 1.25 bits per heavy atom. The van der Waals surface area contributed by atoms with Gasteiger partial charge in [0.1, 0.15) is 0 Å². The first-order chi connectivity index (χ1) is 9.52. The van der Waals surface area contributed by atoms with Gasteiger partial charge in [-0.15, -0.1) is 0 Å². The van der Waals surface area contributed by atoms with E-state index < -0.39 is 11.7 Å². The molecule has 0 radical (unpaired) electrons. The first kappa shape index (κ1) is 17.8. The van der Waals surface area contributed by atoms with Gasteiger partial charge in [0.2, 0.25) is 0 Å². The number of hydrogen-bond acceptors (Lipinski definition) is 6. The van der Waals surface area contributed by atoms with Gasteiger partial charge in [0.25, 0.3) is 0 Å². The van der Waals surface area contributed by atoms with Crippen LogP contribution in [-0.4, -0.2) is 74.1 Å². The highest BCUT2D eigenvalue weighted by Crippen LogP contribution is 2.19. The zero-order chi connectivity index (χ0) is 14.8. The van der Waals surface area contributed by atoms with Crippen molar-refractivity contribution in [1.29, 1.82) is 0 Å². The van der Waals surface area contributed by atoms with Crippen molar-refractivity contribution in [2.75, 3.05) is 46.1 Å². The van der Waals surface area contributed by atoms with Crippen LogP contribution in [0.15, 0.2) is 0 Å². The summed E-state index contributed by atoms with van der Waals surface area (Å²) in [5.74, 6) is 0. The average molecular weight is 291 g/mol. The summed E-state index contributed by atoms with van der Waals surface area (Å²) in [6.07, 6.45) is 0.904. The molecule has 0 aliphatic carbocycles. The first-order valence-corrected chi connectivity index (χ1v) is 7.40. The van der Waals surface area contributed by atoms with Crippen LogP contribution in [0.3, 0.4) is 0 Å². The van der Waals surface area contributed by atoms with Crippen molar-refractivity contribution in [3.05, 3.63) is 0 Å². The minimum absolute atomic E-state index is 0.199. The molecular formula is C14H29NO5. The number of hydrogen-bond donors (Lipinski definition) is 3. The molecule has 0 aromatic rings. The van der Waals surface area contributed by atoms with Gasteiger partial charge < -0.3 is 29.7 Å². The molecule has 120 valence electrons. The highest BCUT2D eigenvalue weighted by Gasteiger charge is 2.29. The molecule has 1 fully saturated rings.